The second-order valence-electron chi connectivity index (χ2n) is 4.92. The van der Waals surface area contributed by atoms with Crippen LogP contribution < -0.4 is 4.74 Å². The zero-order chi connectivity index (χ0) is 17.8. The molecule has 0 bridgehead atoms. The highest BCUT2D eigenvalue weighted by molar-refractivity contribution is 5.96. The number of esters is 1. The van der Waals surface area contributed by atoms with E-state index in [2.05, 4.69) is 4.74 Å². The van der Waals surface area contributed by atoms with Crippen molar-refractivity contribution in [3.05, 3.63) is 35.9 Å². The Hall–Kier alpha value is -2.18. The summed E-state index contributed by atoms with van der Waals surface area (Å²) >= 11 is 0. The fraction of sp³-hybridized carbons (Fsp3) is 0.444. The van der Waals surface area contributed by atoms with Crippen molar-refractivity contribution in [3.8, 4) is 5.75 Å². The smallest absolute Gasteiger partial charge is 0.313 e. The molecule has 0 N–H and O–H groups in total. The van der Waals surface area contributed by atoms with Crippen LogP contribution in [0, 0.1) is 0 Å². The topological polar surface area (TPSA) is 71.1 Å². The minimum atomic E-state index is -0.555. The van der Waals surface area contributed by atoms with Gasteiger partial charge in [0, 0.05) is 6.61 Å². The van der Waals surface area contributed by atoms with Crippen LogP contribution in [0.5, 0.6) is 5.75 Å². The molecule has 0 fully saturated rings. The molecule has 0 spiro atoms. The first-order chi connectivity index (χ1) is 11.5. The molecule has 0 aliphatic heterocycles. The third-order valence-electron chi connectivity index (χ3n) is 2.94. The van der Waals surface area contributed by atoms with E-state index < -0.39 is 5.97 Å². The maximum absolute atomic E-state index is 11.3. The van der Waals surface area contributed by atoms with Gasteiger partial charge in [-0.15, -0.1) is 0 Å². The van der Waals surface area contributed by atoms with Crippen molar-refractivity contribution in [2.75, 3.05) is 26.9 Å². The predicted octanol–water partition coefficient (Wildman–Crippen LogP) is 2.61. The van der Waals surface area contributed by atoms with Crippen LogP contribution in [0.1, 0.15) is 25.8 Å². The van der Waals surface area contributed by atoms with Crippen LogP contribution in [-0.4, -0.2) is 45.0 Å². The van der Waals surface area contributed by atoms with E-state index in [-0.39, 0.29) is 31.7 Å². The Morgan fingerprint density at radius 2 is 1.92 bits per heavy atom. The lowest BCUT2D eigenvalue weighted by molar-refractivity contribution is -0.144. The number of ether oxygens (including phenoxy) is 4. The van der Waals surface area contributed by atoms with Crippen molar-refractivity contribution >= 4 is 17.8 Å². The van der Waals surface area contributed by atoms with E-state index in [0.29, 0.717) is 6.61 Å². The summed E-state index contributed by atoms with van der Waals surface area (Å²) in [6.45, 7) is 4.53. The molecule has 0 saturated heterocycles. The number of hydrogen-bond donors (Lipinski definition) is 0. The van der Waals surface area contributed by atoms with Gasteiger partial charge < -0.3 is 18.9 Å². The van der Waals surface area contributed by atoms with E-state index in [9.17, 15) is 9.59 Å². The number of methoxy groups -OCH3 is 1. The summed E-state index contributed by atoms with van der Waals surface area (Å²) in [5, 5.41) is 0. The van der Waals surface area contributed by atoms with Gasteiger partial charge in [0.1, 0.15) is 18.8 Å². The lowest BCUT2D eigenvalue weighted by Gasteiger charge is -2.14. The Labute approximate surface area is 142 Å². The summed E-state index contributed by atoms with van der Waals surface area (Å²) in [6, 6.07) is 7.53. The molecular formula is C18H24O6. The predicted molar refractivity (Wildman–Crippen MR) is 89.7 cm³/mol. The average Bonchev–Trinajstić information content (AvgIpc) is 2.56. The summed E-state index contributed by atoms with van der Waals surface area (Å²) in [5.41, 5.74) is 0.982. The second kappa shape index (κ2) is 11.4. The van der Waals surface area contributed by atoms with Crippen molar-refractivity contribution in [2.45, 2.75) is 26.6 Å². The monoisotopic (exact) mass is 336 g/mol. The second-order valence-corrected chi connectivity index (χ2v) is 4.92. The molecule has 6 heteroatoms. The summed E-state index contributed by atoms with van der Waals surface area (Å²) in [7, 11) is 1.24. The van der Waals surface area contributed by atoms with Gasteiger partial charge in [-0.05, 0) is 31.5 Å². The zero-order valence-electron chi connectivity index (χ0n) is 14.3. The number of benzene rings is 1. The lowest BCUT2D eigenvalue weighted by atomic mass is 10.2. The van der Waals surface area contributed by atoms with Gasteiger partial charge >= 0.3 is 5.97 Å². The van der Waals surface area contributed by atoms with Crippen LogP contribution in [0.25, 0.3) is 6.08 Å². The molecule has 1 rings (SSSR count). The zero-order valence-corrected chi connectivity index (χ0v) is 14.3. The van der Waals surface area contributed by atoms with Crippen molar-refractivity contribution in [2.24, 2.45) is 0 Å². The molecule has 0 aromatic heterocycles. The van der Waals surface area contributed by atoms with Gasteiger partial charge in [0.05, 0.1) is 13.7 Å². The molecule has 0 aliphatic carbocycles. The molecule has 1 atom stereocenters. The maximum Gasteiger partial charge on any atom is 0.313 e. The Bertz CT molecular complexity index is 535. The number of ketones is 1. The van der Waals surface area contributed by atoms with Crippen molar-refractivity contribution < 1.29 is 28.5 Å². The molecule has 0 radical (unpaired) electrons. The van der Waals surface area contributed by atoms with Crippen LogP contribution in [0.4, 0.5) is 0 Å². The minimum Gasteiger partial charge on any atom is -0.469 e. The van der Waals surface area contributed by atoms with Gasteiger partial charge in [0.15, 0.2) is 12.1 Å². The summed E-state index contributed by atoms with van der Waals surface area (Å²) in [4.78, 5) is 22.2. The maximum atomic E-state index is 11.3. The van der Waals surface area contributed by atoms with E-state index in [1.807, 2.05) is 44.2 Å². The van der Waals surface area contributed by atoms with Gasteiger partial charge in [0.2, 0.25) is 0 Å². The molecule has 1 unspecified atom stereocenters. The van der Waals surface area contributed by atoms with Gasteiger partial charge in [0.25, 0.3) is 0 Å². The van der Waals surface area contributed by atoms with Crippen LogP contribution in [-0.2, 0) is 23.8 Å². The summed E-state index contributed by atoms with van der Waals surface area (Å²) in [5.74, 6) is -0.127. The molecule has 0 amide bonds. The fourth-order valence-electron chi connectivity index (χ4n) is 1.83. The molecule has 0 saturated carbocycles. The first kappa shape index (κ1) is 19.9. The summed E-state index contributed by atoms with van der Waals surface area (Å²) in [6.07, 6.45) is 3.12. The SMILES string of the molecule is CCOC(C)Oc1ccc(C=CCOCC(=O)CC(=O)OC)cc1. The van der Waals surface area contributed by atoms with Crippen molar-refractivity contribution in [3.63, 3.8) is 0 Å². The highest BCUT2D eigenvalue weighted by Crippen LogP contribution is 2.15. The molecule has 132 valence electrons. The van der Waals surface area contributed by atoms with Crippen molar-refractivity contribution in [1.29, 1.82) is 0 Å². The van der Waals surface area contributed by atoms with Gasteiger partial charge in [-0.2, -0.15) is 0 Å². The van der Waals surface area contributed by atoms with Gasteiger partial charge in [-0.25, -0.2) is 0 Å². The average molecular weight is 336 g/mol. The number of hydrogen-bond acceptors (Lipinski definition) is 6. The number of carbonyl (C=O) groups excluding carboxylic acids is 2. The molecule has 0 heterocycles. The van der Waals surface area contributed by atoms with E-state index in [0.717, 1.165) is 11.3 Å². The molecule has 6 nitrogen and oxygen atoms in total. The third-order valence-corrected chi connectivity index (χ3v) is 2.94. The minimum absolute atomic E-state index is 0.110. The van der Waals surface area contributed by atoms with Crippen LogP contribution in [0.2, 0.25) is 0 Å². The molecule has 1 aromatic carbocycles. The van der Waals surface area contributed by atoms with Crippen LogP contribution in [0.15, 0.2) is 30.3 Å². The van der Waals surface area contributed by atoms with E-state index in [4.69, 9.17) is 14.2 Å². The Morgan fingerprint density at radius 3 is 2.54 bits per heavy atom. The number of Topliss-reactive ketones (excluding diaryl/α,β-unsaturated/α-hetero) is 1. The lowest BCUT2D eigenvalue weighted by Crippen LogP contribution is -2.15. The van der Waals surface area contributed by atoms with E-state index >= 15 is 0 Å². The fourth-order valence-corrected chi connectivity index (χ4v) is 1.83. The van der Waals surface area contributed by atoms with Gasteiger partial charge in [-0.3, -0.25) is 9.59 Å². The first-order valence-electron chi connectivity index (χ1n) is 7.76. The molecular weight excluding hydrogens is 312 g/mol. The Balaban J connectivity index is 2.30. The standard InChI is InChI=1S/C18H24O6/c1-4-23-14(2)24-17-9-7-15(8-10-17)6-5-11-22-13-16(19)12-18(20)21-3/h5-10,14H,4,11-13H2,1-3H3. The Morgan fingerprint density at radius 1 is 1.21 bits per heavy atom. The normalized spacial score (nSPS) is 12.1. The highest BCUT2D eigenvalue weighted by Gasteiger charge is 2.08. The first-order valence-corrected chi connectivity index (χ1v) is 7.76. The van der Waals surface area contributed by atoms with Crippen molar-refractivity contribution in [1.82, 2.24) is 0 Å². The number of carbonyl (C=O) groups is 2. The quantitative estimate of drug-likeness (QED) is 0.268. The largest absolute Gasteiger partial charge is 0.469 e. The molecule has 0 aliphatic rings. The molecule has 24 heavy (non-hydrogen) atoms. The van der Waals surface area contributed by atoms with Crippen LogP contribution in [0.3, 0.4) is 0 Å². The van der Waals surface area contributed by atoms with Crippen LogP contribution >= 0.6 is 0 Å². The Kier molecular flexibility index (Phi) is 9.41. The summed E-state index contributed by atoms with van der Waals surface area (Å²) < 4.78 is 20.5. The number of rotatable bonds is 11. The van der Waals surface area contributed by atoms with Gasteiger partial charge in [-0.1, -0.05) is 24.3 Å². The highest BCUT2D eigenvalue weighted by atomic mass is 16.7. The molecule has 1 aromatic rings. The van der Waals surface area contributed by atoms with E-state index in [1.54, 1.807) is 6.08 Å². The van der Waals surface area contributed by atoms with E-state index in [1.165, 1.54) is 7.11 Å². The third kappa shape index (κ3) is 8.45.